The Balaban J connectivity index is 2.43. The van der Waals surface area contributed by atoms with Crippen LogP contribution < -0.4 is 0 Å². The highest BCUT2D eigenvalue weighted by Crippen LogP contribution is 2.30. The van der Waals surface area contributed by atoms with Gasteiger partial charge in [-0.1, -0.05) is 22.9 Å². The summed E-state index contributed by atoms with van der Waals surface area (Å²) in [5, 5.41) is 0. The Kier molecular flexibility index (Phi) is 5.05. The van der Waals surface area contributed by atoms with Crippen LogP contribution in [0.1, 0.15) is 13.3 Å². The summed E-state index contributed by atoms with van der Waals surface area (Å²) >= 11 is 6.63. The summed E-state index contributed by atoms with van der Waals surface area (Å²) < 4.78 is 33.7. The zero-order valence-corrected chi connectivity index (χ0v) is 14.5. The van der Waals surface area contributed by atoms with E-state index in [2.05, 4.69) is 31.9 Å². The van der Waals surface area contributed by atoms with Gasteiger partial charge in [0.25, 0.3) is 0 Å². The van der Waals surface area contributed by atoms with Crippen molar-refractivity contribution in [2.75, 3.05) is 19.8 Å². The Hall–Kier alpha value is 0.0500. The van der Waals surface area contributed by atoms with Crippen molar-refractivity contribution >= 4 is 41.9 Å². The molecule has 1 heterocycles. The van der Waals surface area contributed by atoms with Crippen LogP contribution in [0.15, 0.2) is 32.0 Å². The lowest BCUT2D eigenvalue weighted by molar-refractivity contribution is 0.0314. The number of hydrogen-bond donors (Lipinski definition) is 0. The predicted octanol–water partition coefficient (Wildman–Crippen LogP) is 3.01. The van der Waals surface area contributed by atoms with Crippen LogP contribution in [-0.2, 0) is 14.8 Å². The lowest BCUT2D eigenvalue weighted by atomic mass is 10.2. The fraction of sp³-hybridized carbons (Fsp3) is 0.500. The molecule has 0 bridgehead atoms. The topological polar surface area (TPSA) is 46.6 Å². The monoisotopic (exact) mass is 411 g/mol. The second-order valence-electron chi connectivity index (χ2n) is 4.33. The molecule has 0 aromatic heterocycles. The molecule has 1 aromatic carbocycles. The number of nitrogens with zero attached hydrogens (tertiary/aromatic N) is 1. The molecule has 1 saturated heterocycles. The van der Waals surface area contributed by atoms with Gasteiger partial charge in [0.1, 0.15) is 0 Å². The Morgan fingerprint density at radius 2 is 2.16 bits per heavy atom. The van der Waals surface area contributed by atoms with Crippen LogP contribution in [0.2, 0.25) is 0 Å². The van der Waals surface area contributed by atoms with Crippen LogP contribution >= 0.6 is 31.9 Å². The van der Waals surface area contributed by atoms with Crippen molar-refractivity contribution in [3.8, 4) is 0 Å². The lowest BCUT2D eigenvalue weighted by Crippen LogP contribution is -2.48. The number of rotatable bonds is 3. The van der Waals surface area contributed by atoms with E-state index in [1.54, 1.807) is 22.5 Å². The van der Waals surface area contributed by atoms with E-state index in [0.29, 0.717) is 29.1 Å². The summed E-state index contributed by atoms with van der Waals surface area (Å²) in [5.74, 6) is 0. The number of sulfonamides is 1. The number of halogens is 2. The predicted molar refractivity (Wildman–Crippen MR) is 80.6 cm³/mol. The van der Waals surface area contributed by atoms with Gasteiger partial charge in [0.05, 0.1) is 18.1 Å². The molecule has 106 valence electrons. The van der Waals surface area contributed by atoms with E-state index in [4.69, 9.17) is 4.74 Å². The van der Waals surface area contributed by atoms with Crippen LogP contribution in [0.25, 0.3) is 0 Å². The highest BCUT2D eigenvalue weighted by atomic mass is 79.9. The zero-order valence-electron chi connectivity index (χ0n) is 10.5. The van der Waals surface area contributed by atoms with Gasteiger partial charge >= 0.3 is 0 Å². The molecule has 4 nitrogen and oxygen atoms in total. The maximum absolute atomic E-state index is 12.7. The van der Waals surface area contributed by atoms with Crippen molar-refractivity contribution in [2.24, 2.45) is 0 Å². The summed E-state index contributed by atoms with van der Waals surface area (Å²) in [6.07, 6.45) is 0.741. The first-order valence-electron chi connectivity index (χ1n) is 6.01. The van der Waals surface area contributed by atoms with Crippen molar-refractivity contribution < 1.29 is 13.2 Å². The minimum atomic E-state index is -3.50. The average molecular weight is 413 g/mol. The minimum Gasteiger partial charge on any atom is -0.378 e. The van der Waals surface area contributed by atoms with Crippen molar-refractivity contribution in [3.63, 3.8) is 0 Å². The number of hydrogen-bond acceptors (Lipinski definition) is 3. The van der Waals surface area contributed by atoms with Gasteiger partial charge in [-0.2, -0.15) is 4.31 Å². The molecule has 0 spiro atoms. The maximum Gasteiger partial charge on any atom is 0.244 e. The quantitative estimate of drug-likeness (QED) is 0.766. The second kappa shape index (κ2) is 6.22. The zero-order chi connectivity index (χ0) is 14.0. The molecule has 2 rings (SSSR count). The molecule has 0 aliphatic carbocycles. The Morgan fingerprint density at radius 3 is 2.84 bits per heavy atom. The molecule has 1 atom stereocenters. The largest absolute Gasteiger partial charge is 0.378 e. The van der Waals surface area contributed by atoms with Gasteiger partial charge in [0, 0.05) is 21.5 Å². The van der Waals surface area contributed by atoms with Crippen molar-refractivity contribution in [1.82, 2.24) is 4.31 Å². The molecule has 1 fully saturated rings. The molecular weight excluding hydrogens is 398 g/mol. The minimum absolute atomic E-state index is 0.0929. The summed E-state index contributed by atoms with van der Waals surface area (Å²) in [5.41, 5.74) is 0. The van der Waals surface area contributed by atoms with E-state index in [-0.39, 0.29) is 6.04 Å². The molecule has 1 aliphatic rings. The average Bonchev–Trinajstić information content (AvgIpc) is 2.41. The van der Waals surface area contributed by atoms with Gasteiger partial charge < -0.3 is 4.74 Å². The molecule has 1 aromatic rings. The van der Waals surface area contributed by atoms with Crippen molar-refractivity contribution in [3.05, 3.63) is 27.1 Å². The van der Waals surface area contributed by atoms with Gasteiger partial charge in [0.2, 0.25) is 10.0 Å². The molecule has 1 aliphatic heterocycles. The van der Waals surface area contributed by atoms with E-state index >= 15 is 0 Å². The normalized spacial score (nSPS) is 21.5. The first kappa shape index (κ1) is 15.4. The third-order valence-electron chi connectivity index (χ3n) is 3.12. The van der Waals surface area contributed by atoms with Gasteiger partial charge in [-0.25, -0.2) is 8.42 Å². The van der Waals surface area contributed by atoms with Crippen LogP contribution in [0.3, 0.4) is 0 Å². The van der Waals surface area contributed by atoms with E-state index in [0.717, 1.165) is 10.9 Å². The van der Waals surface area contributed by atoms with E-state index in [1.165, 1.54) is 0 Å². The fourth-order valence-corrected chi connectivity index (χ4v) is 5.21. The summed E-state index contributed by atoms with van der Waals surface area (Å²) in [7, 11) is -3.50. The summed E-state index contributed by atoms with van der Waals surface area (Å²) in [6.45, 7) is 3.28. The van der Waals surface area contributed by atoms with E-state index in [1.807, 2.05) is 6.92 Å². The lowest BCUT2D eigenvalue weighted by Gasteiger charge is -2.34. The van der Waals surface area contributed by atoms with Gasteiger partial charge in [-0.3, -0.25) is 0 Å². The molecule has 0 N–H and O–H groups in total. The SMILES string of the molecule is CCC1COCCN1S(=O)(=O)c1cc(Br)ccc1Br. The smallest absolute Gasteiger partial charge is 0.244 e. The Labute approximate surface area is 130 Å². The Morgan fingerprint density at radius 1 is 1.42 bits per heavy atom. The van der Waals surface area contributed by atoms with Crippen molar-refractivity contribution in [1.29, 1.82) is 0 Å². The molecule has 19 heavy (non-hydrogen) atoms. The first-order valence-corrected chi connectivity index (χ1v) is 9.04. The molecule has 0 amide bonds. The van der Waals surface area contributed by atoms with Crippen LogP contribution in [0.4, 0.5) is 0 Å². The van der Waals surface area contributed by atoms with Crippen molar-refractivity contribution in [2.45, 2.75) is 24.3 Å². The molecule has 0 radical (unpaired) electrons. The second-order valence-corrected chi connectivity index (χ2v) is 7.96. The third-order valence-corrected chi connectivity index (χ3v) is 6.56. The number of ether oxygens (including phenoxy) is 1. The van der Waals surface area contributed by atoms with Gasteiger partial charge in [-0.15, -0.1) is 0 Å². The fourth-order valence-electron chi connectivity index (χ4n) is 2.08. The van der Waals surface area contributed by atoms with Gasteiger partial charge in [-0.05, 0) is 40.5 Å². The molecule has 1 unspecified atom stereocenters. The van der Waals surface area contributed by atoms with Crippen LogP contribution in [0.5, 0.6) is 0 Å². The Bertz CT molecular complexity index is 562. The maximum atomic E-state index is 12.7. The molecule has 0 saturated carbocycles. The molecular formula is C12H15Br2NO3S. The van der Waals surface area contributed by atoms with E-state index < -0.39 is 10.0 Å². The first-order chi connectivity index (χ1) is 8.96. The summed E-state index contributed by atoms with van der Waals surface area (Å²) in [4.78, 5) is 0.294. The third kappa shape index (κ3) is 3.21. The highest BCUT2D eigenvalue weighted by molar-refractivity contribution is 9.11. The highest BCUT2D eigenvalue weighted by Gasteiger charge is 2.34. The molecule has 7 heteroatoms. The summed E-state index contributed by atoms with van der Waals surface area (Å²) in [6, 6.07) is 5.07. The number of morpholine rings is 1. The standard InChI is InChI=1S/C12H15Br2NO3S/c1-2-10-8-18-6-5-15(10)19(16,17)12-7-9(13)3-4-11(12)14/h3-4,7,10H,2,5-6,8H2,1H3. The van der Waals surface area contributed by atoms with Gasteiger partial charge in [0.15, 0.2) is 0 Å². The van der Waals surface area contributed by atoms with Crippen LogP contribution in [-0.4, -0.2) is 38.5 Å². The van der Waals surface area contributed by atoms with E-state index in [9.17, 15) is 8.42 Å². The number of benzene rings is 1. The van der Waals surface area contributed by atoms with Crippen LogP contribution in [0, 0.1) is 0 Å².